The molecule has 2 nitrogen and oxygen atoms in total. The molecule has 0 bridgehead atoms. The molecule has 0 unspecified atom stereocenters. The maximum absolute atomic E-state index is 10.3. The Morgan fingerprint density at radius 3 is 2.57 bits per heavy atom. The lowest BCUT2D eigenvalue weighted by atomic mass is 9.85. The lowest BCUT2D eigenvalue weighted by Gasteiger charge is -2.20. The first kappa shape index (κ1) is 4.78. The molecule has 0 heterocycles. The summed E-state index contributed by atoms with van der Waals surface area (Å²) in [5, 5.41) is 8.34. The maximum Gasteiger partial charge on any atom is 0.138 e. The fraction of sp³-hybridized carbons (Fsp3) is 0.800. The van der Waals surface area contributed by atoms with Crippen LogP contribution in [0.1, 0.15) is 12.8 Å². The molecule has 0 spiro atoms. The maximum atomic E-state index is 10.3. The van der Waals surface area contributed by atoms with Crippen LogP contribution in [0.15, 0.2) is 0 Å². The molecule has 1 saturated carbocycles. The summed E-state index contributed by atoms with van der Waals surface area (Å²) < 4.78 is 0. The molecule has 1 N–H and O–H groups in total. The molecule has 1 fully saturated rings. The van der Waals surface area contributed by atoms with Crippen LogP contribution in [0.3, 0.4) is 0 Å². The van der Waals surface area contributed by atoms with Crippen molar-refractivity contribution in [1.82, 2.24) is 0 Å². The number of ketones is 1. The standard InChI is InChI=1S/C5H8O2/c6-3-4-1-2-5(4)7/h4,6H,1-3H2/t4-/m0/s1. The van der Waals surface area contributed by atoms with Gasteiger partial charge in [0.15, 0.2) is 0 Å². The molecule has 1 atom stereocenters. The Morgan fingerprint density at radius 2 is 2.57 bits per heavy atom. The zero-order valence-corrected chi connectivity index (χ0v) is 4.05. The smallest absolute Gasteiger partial charge is 0.138 e. The van der Waals surface area contributed by atoms with Crippen LogP contribution < -0.4 is 0 Å². The van der Waals surface area contributed by atoms with E-state index >= 15 is 0 Å². The highest BCUT2D eigenvalue weighted by atomic mass is 16.3. The molecule has 2 heteroatoms. The molecule has 0 aliphatic heterocycles. The van der Waals surface area contributed by atoms with Gasteiger partial charge in [0.2, 0.25) is 0 Å². The van der Waals surface area contributed by atoms with Crippen molar-refractivity contribution in [3.05, 3.63) is 0 Å². The molecule has 0 aromatic heterocycles. The van der Waals surface area contributed by atoms with Crippen LogP contribution in [0.5, 0.6) is 0 Å². The topological polar surface area (TPSA) is 37.3 Å². The number of hydrogen-bond acceptors (Lipinski definition) is 2. The third-order valence-electron chi connectivity index (χ3n) is 1.41. The minimum Gasteiger partial charge on any atom is -0.396 e. The molecule has 0 amide bonds. The van der Waals surface area contributed by atoms with E-state index in [0.29, 0.717) is 6.42 Å². The number of hydrogen-bond donors (Lipinski definition) is 1. The van der Waals surface area contributed by atoms with Gasteiger partial charge in [0, 0.05) is 12.3 Å². The van der Waals surface area contributed by atoms with Crippen molar-refractivity contribution in [2.75, 3.05) is 6.61 Å². The summed E-state index contributed by atoms with van der Waals surface area (Å²) in [4.78, 5) is 10.3. The lowest BCUT2D eigenvalue weighted by molar-refractivity contribution is -0.130. The van der Waals surface area contributed by atoms with Gasteiger partial charge in [0.1, 0.15) is 5.78 Å². The van der Waals surface area contributed by atoms with E-state index < -0.39 is 0 Å². The number of aliphatic hydroxyl groups is 1. The Kier molecular flexibility index (Phi) is 1.11. The lowest BCUT2D eigenvalue weighted by Crippen LogP contribution is -2.28. The van der Waals surface area contributed by atoms with Crippen LogP contribution in [-0.2, 0) is 4.79 Å². The van der Waals surface area contributed by atoms with Crippen LogP contribution in [0.2, 0.25) is 0 Å². The van der Waals surface area contributed by atoms with E-state index in [9.17, 15) is 4.79 Å². The van der Waals surface area contributed by atoms with Gasteiger partial charge >= 0.3 is 0 Å². The largest absolute Gasteiger partial charge is 0.396 e. The van der Waals surface area contributed by atoms with Crippen molar-refractivity contribution >= 4 is 5.78 Å². The van der Waals surface area contributed by atoms with Crippen LogP contribution in [0, 0.1) is 5.92 Å². The summed E-state index contributed by atoms with van der Waals surface area (Å²) >= 11 is 0. The summed E-state index contributed by atoms with van der Waals surface area (Å²) in [6, 6.07) is 0. The third kappa shape index (κ3) is 0.657. The molecular formula is C5H8O2. The molecule has 7 heavy (non-hydrogen) atoms. The van der Waals surface area contributed by atoms with Gasteiger partial charge in [0.05, 0.1) is 6.61 Å². The van der Waals surface area contributed by atoms with E-state index in [1.54, 1.807) is 0 Å². The Labute approximate surface area is 42.1 Å². The third-order valence-corrected chi connectivity index (χ3v) is 1.41. The predicted molar refractivity (Wildman–Crippen MR) is 24.8 cm³/mol. The summed E-state index contributed by atoms with van der Waals surface area (Å²) in [6.45, 7) is 0.0544. The number of aliphatic hydroxyl groups excluding tert-OH is 1. The Bertz CT molecular complexity index is 86.1. The van der Waals surface area contributed by atoms with Crippen molar-refractivity contribution in [3.8, 4) is 0 Å². The van der Waals surface area contributed by atoms with Crippen LogP contribution in [0.4, 0.5) is 0 Å². The van der Waals surface area contributed by atoms with Crippen molar-refractivity contribution in [2.24, 2.45) is 5.92 Å². The highest BCUT2D eigenvalue weighted by Gasteiger charge is 2.26. The molecule has 40 valence electrons. The van der Waals surface area contributed by atoms with Gasteiger partial charge in [-0.05, 0) is 6.42 Å². The first-order valence-electron chi connectivity index (χ1n) is 2.48. The van der Waals surface area contributed by atoms with E-state index in [-0.39, 0.29) is 18.3 Å². The zero-order valence-electron chi connectivity index (χ0n) is 4.05. The van der Waals surface area contributed by atoms with Crippen molar-refractivity contribution in [2.45, 2.75) is 12.8 Å². The van der Waals surface area contributed by atoms with Gasteiger partial charge in [-0.15, -0.1) is 0 Å². The molecule has 1 aliphatic carbocycles. The molecule has 0 aromatic rings. The zero-order chi connectivity index (χ0) is 5.28. The van der Waals surface area contributed by atoms with Gasteiger partial charge in [-0.1, -0.05) is 0 Å². The first-order chi connectivity index (χ1) is 3.34. The summed E-state index contributed by atoms with van der Waals surface area (Å²) in [5.41, 5.74) is 0. The number of carbonyl (C=O) groups excluding carboxylic acids is 1. The number of carbonyl (C=O) groups is 1. The van der Waals surface area contributed by atoms with Crippen LogP contribution in [-0.4, -0.2) is 17.5 Å². The number of Topliss-reactive ketones (excluding diaryl/α,β-unsaturated/α-hetero) is 1. The van der Waals surface area contributed by atoms with Crippen LogP contribution in [0.25, 0.3) is 0 Å². The Hall–Kier alpha value is -0.370. The van der Waals surface area contributed by atoms with Gasteiger partial charge in [-0.3, -0.25) is 4.79 Å². The quantitative estimate of drug-likeness (QED) is 0.502. The average Bonchev–Trinajstić information content (AvgIpc) is 1.65. The van der Waals surface area contributed by atoms with Gasteiger partial charge < -0.3 is 5.11 Å². The van der Waals surface area contributed by atoms with E-state index in [1.165, 1.54) is 0 Å². The van der Waals surface area contributed by atoms with Gasteiger partial charge in [0.25, 0.3) is 0 Å². The van der Waals surface area contributed by atoms with Crippen molar-refractivity contribution < 1.29 is 9.90 Å². The molecule has 0 aromatic carbocycles. The highest BCUT2D eigenvalue weighted by Crippen LogP contribution is 2.20. The second-order valence-corrected chi connectivity index (χ2v) is 1.88. The fourth-order valence-corrected chi connectivity index (χ4v) is 0.659. The number of rotatable bonds is 1. The van der Waals surface area contributed by atoms with E-state index in [0.717, 1.165) is 6.42 Å². The molecular weight excluding hydrogens is 92.1 g/mol. The van der Waals surface area contributed by atoms with E-state index in [1.807, 2.05) is 0 Å². The van der Waals surface area contributed by atoms with E-state index in [2.05, 4.69) is 0 Å². The average molecular weight is 100 g/mol. The van der Waals surface area contributed by atoms with Crippen molar-refractivity contribution in [3.63, 3.8) is 0 Å². The highest BCUT2D eigenvalue weighted by molar-refractivity contribution is 5.86. The summed E-state index contributed by atoms with van der Waals surface area (Å²) in [6.07, 6.45) is 1.58. The van der Waals surface area contributed by atoms with Gasteiger partial charge in [-0.25, -0.2) is 0 Å². The second kappa shape index (κ2) is 1.62. The summed E-state index contributed by atoms with van der Waals surface area (Å²) in [7, 11) is 0. The molecule has 1 aliphatic rings. The molecule has 0 saturated heterocycles. The first-order valence-corrected chi connectivity index (χ1v) is 2.48. The van der Waals surface area contributed by atoms with Crippen molar-refractivity contribution in [1.29, 1.82) is 0 Å². The van der Waals surface area contributed by atoms with E-state index in [4.69, 9.17) is 5.11 Å². The predicted octanol–water partition coefficient (Wildman–Crippen LogP) is -0.0422. The van der Waals surface area contributed by atoms with Gasteiger partial charge in [-0.2, -0.15) is 0 Å². The minimum absolute atomic E-state index is 0.000000000000000222. The normalized spacial score (nSPS) is 29.9. The van der Waals surface area contributed by atoms with Crippen LogP contribution >= 0.6 is 0 Å². The minimum atomic E-state index is -0.000000000000000222. The Morgan fingerprint density at radius 1 is 1.86 bits per heavy atom. The Balaban J connectivity index is 2.29. The second-order valence-electron chi connectivity index (χ2n) is 1.88. The monoisotopic (exact) mass is 100 g/mol. The molecule has 0 radical (unpaired) electrons. The fourth-order valence-electron chi connectivity index (χ4n) is 0.659. The SMILES string of the molecule is O=C1CC[C@H]1CO. The molecule has 1 rings (SSSR count). The summed E-state index contributed by atoms with van der Waals surface area (Å²) in [5.74, 6) is 0.225.